The third kappa shape index (κ3) is 5.68. The van der Waals surface area contributed by atoms with Crippen LogP contribution in [0.1, 0.15) is 52.0 Å². The van der Waals surface area contributed by atoms with Gasteiger partial charge < -0.3 is 0 Å². The summed E-state index contributed by atoms with van der Waals surface area (Å²) in [6.45, 7) is 8.00. The van der Waals surface area contributed by atoms with Gasteiger partial charge in [0.15, 0.2) is 0 Å². The molecule has 0 bridgehead atoms. The van der Waals surface area contributed by atoms with Gasteiger partial charge >= 0.3 is 0 Å². The fourth-order valence-corrected chi connectivity index (χ4v) is 2.44. The smallest absolute Gasteiger partial charge is 0.0233 e. The molecule has 1 aromatic rings. The van der Waals surface area contributed by atoms with Crippen LogP contribution in [0, 0.1) is 5.92 Å². The molecule has 0 aromatic heterocycles. The van der Waals surface area contributed by atoms with Crippen LogP contribution in [0.3, 0.4) is 0 Å². The molecule has 0 radical (unpaired) electrons. The van der Waals surface area contributed by atoms with E-state index >= 15 is 0 Å². The summed E-state index contributed by atoms with van der Waals surface area (Å²) in [6, 6.07) is 11.5. The van der Waals surface area contributed by atoms with Crippen LogP contribution >= 0.6 is 0 Å². The Hall–Kier alpha value is -0.820. The second-order valence-electron chi connectivity index (χ2n) is 5.81. The molecule has 1 unspecified atom stereocenters. The lowest BCUT2D eigenvalue weighted by atomic mass is 9.99. The minimum absolute atomic E-state index is 0.734. The maximum absolute atomic E-state index is 2.53. The highest BCUT2D eigenvalue weighted by Gasteiger charge is 2.14. The lowest BCUT2D eigenvalue weighted by molar-refractivity contribution is 0.201. The second-order valence-corrected chi connectivity index (χ2v) is 5.81. The second kappa shape index (κ2) is 8.31. The molecule has 0 amide bonds. The molecule has 0 aliphatic carbocycles. The van der Waals surface area contributed by atoms with Crippen LogP contribution in [-0.2, 0) is 6.54 Å². The fraction of sp³-hybridized carbons (Fsp3) is 0.647. The summed E-state index contributed by atoms with van der Waals surface area (Å²) in [7, 11) is 2.27. The highest BCUT2D eigenvalue weighted by atomic mass is 15.1. The predicted molar refractivity (Wildman–Crippen MR) is 80.7 cm³/mol. The van der Waals surface area contributed by atoms with Crippen molar-refractivity contribution in [3.05, 3.63) is 35.9 Å². The van der Waals surface area contributed by atoms with E-state index in [2.05, 4.69) is 63.1 Å². The molecule has 0 saturated carbocycles. The number of nitrogens with zero attached hydrogens (tertiary/aromatic N) is 1. The Kier molecular flexibility index (Phi) is 7.04. The Morgan fingerprint density at radius 2 is 1.67 bits per heavy atom. The molecule has 0 saturated heterocycles. The Balaban J connectivity index is 2.50. The Bertz CT molecular complexity index is 305. The van der Waals surface area contributed by atoms with Crippen molar-refractivity contribution in [1.29, 1.82) is 0 Å². The predicted octanol–water partition coefficient (Wildman–Crippen LogP) is 4.72. The highest BCUT2D eigenvalue weighted by molar-refractivity contribution is 5.14. The summed E-state index contributed by atoms with van der Waals surface area (Å²) in [6.07, 6.45) is 5.26. The van der Waals surface area contributed by atoms with Crippen molar-refractivity contribution >= 4 is 0 Å². The van der Waals surface area contributed by atoms with E-state index in [4.69, 9.17) is 0 Å². The molecule has 0 spiro atoms. The van der Waals surface area contributed by atoms with Gasteiger partial charge in [-0.1, -0.05) is 57.5 Å². The van der Waals surface area contributed by atoms with Crippen molar-refractivity contribution in [3.8, 4) is 0 Å². The molecule has 1 nitrogen and oxygen atoms in total. The minimum Gasteiger partial charge on any atom is -0.299 e. The van der Waals surface area contributed by atoms with Crippen LogP contribution in [0.15, 0.2) is 30.3 Å². The van der Waals surface area contributed by atoms with Crippen molar-refractivity contribution in [2.45, 2.75) is 59.0 Å². The van der Waals surface area contributed by atoms with E-state index in [1.54, 1.807) is 0 Å². The molecule has 1 aromatic carbocycles. The van der Waals surface area contributed by atoms with Crippen LogP contribution in [0.2, 0.25) is 0 Å². The Labute approximate surface area is 113 Å². The summed E-state index contributed by atoms with van der Waals surface area (Å²) in [4.78, 5) is 2.53. The van der Waals surface area contributed by atoms with Gasteiger partial charge in [-0.05, 0) is 37.8 Å². The third-order valence-corrected chi connectivity index (χ3v) is 3.60. The first-order valence-electron chi connectivity index (χ1n) is 7.37. The average molecular weight is 247 g/mol. The summed E-state index contributed by atoms with van der Waals surface area (Å²) < 4.78 is 0. The summed E-state index contributed by atoms with van der Waals surface area (Å²) in [5, 5.41) is 0. The molecule has 1 atom stereocenters. The van der Waals surface area contributed by atoms with Crippen LogP contribution < -0.4 is 0 Å². The molecular formula is C17H29N. The van der Waals surface area contributed by atoms with Gasteiger partial charge in [0, 0.05) is 12.6 Å². The van der Waals surface area contributed by atoms with E-state index in [0.29, 0.717) is 0 Å². The maximum atomic E-state index is 2.53. The van der Waals surface area contributed by atoms with E-state index in [9.17, 15) is 0 Å². The molecule has 1 rings (SSSR count). The van der Waals surface area contributed by atoms with E-state index in [0.717, 1.165) is 18.5 Å². The highest BCUT2D eigenvalue weighted by Crippen LogP contribution is 2.17. The van der Waals surface area contributed by atoms with Crippen molar-refractivity contribution in [1.82, 2.24) is 4.90 Å². The van der Waals surface area contributed by atoms with Gasteiger partial charge in [-0.2, -0.15) is 0 Å². The Morgan fingerprint density at radius 1 is 1.00 bits per heavy atom. The Morgan fingerprint density at radius 3 is 2.22 bits per heavy atom. The summed E-state index contributed by atoms with van der Waals surface area (Å²) in [5.41, 5.74) is 1.42. The first kappa shape index (κ1) is 15.2. The topological polar surface area (TPSA) is 3.24 Å². The number of hydrogen-bond acceptors (Lipinski definition) is 1. The number of rotatable bonds is 8. The van der Waals surface area contributed by atoms with Gasteiger partial charge in [0.25, 0.3) is 0 Å². The molecule has 0 heterocycles. The van der Waals surface area contributed by atoms with Crippen molar-refractivity contribution in [2.75, 3.05) is 7.05 Å². The zero-order valence-electron chi connectivity index (χ0n) is 12.5. The van der Waals surface area contributed by atoms with Gasteiger partial charge in [0.2, 0.25) is 0 Å². The zero-order valence-corrected chi connectivity index (χ0v) is 12.5. The summed E-state index contributed by atoms with van der Waals surface area (Å²) in [5.74, 6) is 0.814. The van der Waals surface area contributed by atoms with E-state index in [-0.39, 0.29) is 0 Å². The maximum Gasteiger partial charge on any atom is 0.0233 e. The van der Waals surface area contributed by atoms with Gasteiger partial charge in [0.1, 0.15) is 0 Å². The van der Waals surface area contributed by atoms with Crippen molar-refractivity contribution in [3.63, 3.8) is 0 Å². The molecule has 0 aliphatic heterocycles. The molecule has 0 fully saturated rings. The monoisotopic (exact) mass is 247 g/mol. The van der Waals surface area contributed by atoms with Crippen molar-refractivity contribution < 1.29 is 0 Å². The normalized spacial score (nSPS) is 13.2. The van der Waals surface area contributed by atoms with Gasteiger partial charge in [-0.15, -0.1) is 0 Å². The van der Waals surface area contributed by atoms with Crippen LogP contribution in [0.4, 0.5) is 0 Å². The van der Waals surface area contributed by atoms with Crippen molar-refractivity contribution in [2.24, 2.45) is 5.92 Å². The lowest BCUT2D eigenvalue weighted by Gasteiger charge is -2.28. The largest absolute Gasteiger partial charge is 0.299 e. The molecule has 0 aliphatic rings. The van der Waals surface area contributed by atoms with Gasteiger partial charge in [-0.3, -0.25) is 4.90 Å². The molecule has 102 valence electrons. The van der Waals surface area contributed by atoms with E-state index in [1.165, 1.54) is 31.2 Å². The van der Waals surface area contributed by atoms with Crippen LogP contribution in [0.25, 0.3) is 0 Å². The minimum atomic E-state index is 0.734. The van der Waals surface area contributed by atoms with E-state index < -0.39 is 0 Å². The molecule has 18 heavy (non-hydrogen) atoms. The van der Waals surface area contributed by atoms with Crippen LogP contribution in [-0.4, -0.2) is 18.0 Å². The summed E-state index contributed by atoms with van der Waals surface area (Å²) >= 11 is 0. The number of hydrogen-bond donors (Lipinski definition) is 0. The van der Waals surface area contributed by atoms with Gasteiger partial charge in [-0.25, -0.2) is 0 Å². The molecule has 1 heteroatoms. The average Bonchev–Trinajstić information content (AvgIpc) is 2.35. The van der Waals surface area contributed by atoms with E-state index in [1.807, 2.05) is 0 Å². The SMILES string of the molecule is CCCC(CCC(C)C)N(C)Cc1ccccc1. The fourth-order valence-electron chi connectivity index (χ4n) is 2.44. The quantitative estimate of drug-likeness (QED) is 0.642. The zero-order chi connectivity index (χ0) is 13.4. The molecule has 0 N–H and O–H groups in total. The standard InChI is InChI=1S/C17H29N/c1-5-9-17(13-12-15(2)3)18(4)14-16-10-7-6-8-11-16/h6-8,10-11,15,17H,5,9,12-14H2,1-4H3. The van der Waals surface area contributed by atoms with Gasteiger partial charge in [0.05, 0.1) is 0 Å². The lowest BCUT2D eigenvalue weighted by Crippen LogP contribution is -2.31. The third-order valence-electron chi connectivity index (χ3n) is 3.60. The number of benzene rings is 1. The first-order chi connectivity index (χ1) is 8.63. The molecular weight excluding hydrogens is 218 g/mol. The first-order valence-corrected chi connectivity index (χ1v) is 7.37. The van der Waals surface area contributed by atoms with Crippen LogP contribution in [0.5, 0.6) is 0 Å².